The Morgan fingerprint density at radius 1 is 1.06 bits per heavy atom. The molecule has 0 bridgehead atoms. The number of hydrogen-bond donors (Lipinski definition) is 2. The van der Waals surface area contributed by atoms with Gasteiger partial charge in [-0.2, -0.15) is 8.78 Å². The smallest absolute Gasteiger partial charge is 0.387 e. The summed E-state index contributed by atoms with van der Waals surface area (Å²) in [6.45, 7) is 0.137. The monoisotopic (exact) mass is 445 g/mol. The first-order valence-electron chi connectivity index (χ1n) is 10.8. The number of nitrogens with one attached hydrogen (secondary N) is 2. The molecule has 1 unspecified atom stereocenters. The third kappa shape index (κ3) is 7.02. The number of carbonyl (C=O) groups excluding carboxylic acids is 2. The van der Waals surface area contributed by atoms with Gasteiger partial charge in [0.25, 0.3) is 0 Å². The Morgan fingerprint density at radius 2 is 1.72 bits per heavy atom. The molecule has 1 heterocycles. The first kappa shape index (κ1) is 23.7. The standard InChI is InChI=1S/C24H29F2N3O3/c1-17(23(31)28-20-9-5-6-10-21(20)32-24(25)26)29-15-13-19(14-16-29)27-22(30)12-11-18-7-3-2-4-8-18/h2-10,17,19,24H,11-16H2,1H3,(H,27,30)(H,28,31). The SMILES string of the molecule is CC(C(=O)Nc1ccccc1OC(F)F)N1CCC(NC(=O)CCc2ccccc2)CC1. The molecule has 0 saturated carbocycles. The van der Waals surface area contributed by atoms with Crippen LogP contribution in [-0.4, -0.2) is 48.5 Å². The number of halogens is 2. The molecule has 1 saturated heterocycles. The zero-order chi connectivity index (χ0) is 22.9. The van der Waals surface area contributed by atoms with Crippen molar-refractivity contribution < 1.29 is 23.1 Å². The van der Waals surface area contributed by atoms with E-state index in [1.807, 2.05) is 35.2 Å². The van der Waals surface area contributed by atoms with E-state index in [-0.39, 0.29) is 29.3 Å². The van der Waals surface area contributed by atoms with E-state index < -0.39 is 12.7 Å². The summed E-state index contributed by atoms with van der Waals surface area (Å²) in [6.07, 6.45) is 2.65. The van der Waals surface area contributed by atoms with Gasteiger partial charge in [-0.1, -0.05) is 42.5 Å². The molecule has 1 aliphatic heterocycles. The van der Waals surface area contributed by atoms with Crippen molar-refractivity contribution >= 4 is 17.5 Å². The minimum Gasteiger partial charge on any atom is -0.433 e. The minimum atomic E-state index is -2.97. The van der Waals surface area contributed by atoms with Crippen LogP contribution >= 0.6 is 0 Å². The molecule has 0 radical (unpaired) electrons. The van der Waals surface area contributed by atoms with E-state index in [1.54, 1.807) is 19.1 Å². The van der Waals surface area contributed by atoms with Gasteiger partial charge in [0.05, 0.1) is 11.7 Å². The van der Waals surface area contributed by atoms with Gasteiger partial charge in [-0.15, -0.1) is 0 Å². The molecule has 1 aliphatic rings. The van der Waals surface area contributed by atoms with Crippen molar-refractivity contribution in [2.75, 3.05) is 18.4 Å². The zero-order valence-corrected chi connectivity index (χ0v) is 18.1. The van der Waals surface area contributed by atoms with Crippen LogP contribution in [-0.2, 0) is 16.0 Å². The number of hydrogen-bond acceptors (Lipinski definition) is 4. The quantitative estimate of drug-likeness (QED) is 0.616. The summed E-state index contributed by atoms with van der Waals surface area (Å²) in [7, 11) is 0. The molecule has 2 aromatic carbocycles. The Hall–Kier alpha value is -3.00. The van der Waals surface area contributed by atoms with Crippen LogP contribution in [0.15, 0.2) is 54.6 Å². The number of nitrogens with zero attached hydrogens (tertiary/aromatic N) is 1. The Kier molecular flexibility index (Phi) is 8.56. The Morgan fingerprint density at radius 3 is 2.41 bits per heavy atom. The number of aryl methyl sites for hydroxylation is 1. The summed E-state index contributed by atoms with van der Waals surface area (Å²) in [5.74, 6) is -0.325. The molecule has 2 amide bonds. The van der Waals surface area contributed by atoms with Crippen molar-refractivity contribution in [3.63, 3.8) is 0 Å². The zero-order valence-electron chi connectivity index (χ0n) is 18.1. The summed E-state index contributed by atoms with van der Waals surface area (Å²) in [5, 5.41) is 5.77. The van der Waals surface area contributed by atoms with Crippen LogP contribution in [0.25, 0.3) is 0 Å². The summed E-state index contributed by atoms with van der Waals surface area (Å²) >= 11 is 0. The van der Waals surface area contributed by atoms with Gasteiger partial charge in [-0.25, -0.2) is 0 Å². The molecule has 0 aromatic heterocycles. The van der Waals surface area contributed by atoms with Crippen LogP contribution in [0.3, 0.4) is 0 Å². The first-order chi connectivity index (χ1) is 15.4. The van der Waals surface area contributed by atoms with Crippen LogP contribution in [0.4, 0.5) is 14.5 Å². The predicted octanol–water partition coefficient (Wildman–Crippen LogP) is 3.83. The van der Waals surface area contributed by atoms with Crippen LogP contribution in [0, 0.1) is 0 Å². The summed E-state index contributed by atoms with van der Waals surface area (Å²) in [4.78, 5) is 27.0. The number of alkyl halides is 2. The van der Waals surface area contributed by atoms with E-state index in [2.05, 4.69) is 15.4 Å². The molecule has 1 fully saturated rings. The van der Waals surface area contributed by atoms with E-state index in [4.69, 9.17) is 0 Å². The minimum absolute atomic E-state index is 0.0359. The molecule has 6 nitrogen and oxygen atoms in total. The van der Waals surface area contributed by atoms with Gasteiger partial charge in [0.15, 0.2) is 0 Å². The van der Waals surface area contributed by atoms with Gasteiger partial charge in [-0.05, 0) is 43.9 Å². The van der Waals surface area contributed by atoms with E-state index >= 15 is 0 Å². The summed E-state index contributed by atoms with van der Waals surface area (Å²) < 4.78 is 29.6. The Balaban J connectivity index is 1.43. The third-order valence-corrected chi connectivity index (χ3v) is 5.67. The van der Waals surface area contributed by atoms with Crippen LogP contribution < -0.4 is 15.4 Å². The maximum Gasteiger partial charge on any atom is 0.387 e. The lowest BCUT2D eigenvalue weighted by Crippen LogP contribution is -2.50. The lowest BCUT2D eigenvalue weighted by atomic mass is 10.0. The fraction of sp³-hybridized carbons (Fsp3) is 0.417. The number of carbonyl (C=O) groups is 2. The maximum absolute atomic E-state index is 12.7. The average Bonchev–Trinajstić information content (AvgIpc) is 2.79. The average molecular weight is 446 g/mol. The van der Waals surface area contributed by atoms with Crippen molar-refractivity contribution in [2.45, 2.75) is 51.3 Å². The lowest BCUT2D eigenvalue weighted by Gasteiger charge is -2.35. The third-order valence-electron chi connectivity index (χ3n) is 5.67. The van der Waals surface area contributed by atoms with Gasteiger partial charge in [0.1, 0.15) is 5.75 Å². The normalized spacial score (nSPS) is 15.9. The second-order valence-electron chi connectivity index (χ2n) is 7.90. The number of para-hydroxylation sites is 2. The largest absolute Gasteiger partial charge is 0.433 e. The highest BCUT2D eigenvalue weighted by molar-refractivity contribution is 5.95. The van der Waals surface area contributed by atoms with Gasteiger partial charge in [0.2, 0.25) is 11.8 Å². The first-order valence-corrected chi connectivity index (χ1v) is 10.8. The maximum atomic E-state index is 12.7. The highest BCUT2D eigenvalue weighted by atomic mass is 19.3. The van der Waals surface area contributed by atoms with Crippen molar-refractivity contribution in [1.82, 2.24) is 10.2 Å². The molecule has 32 heavy (non-hydrogen) atoms. The van der Waals surface area contributed by atoms with E-state index in [1.165, 1.54) is 12.1 Å². The molecule has 1 atom stereocenters. The number of anilines is 1. The van der Waals surface area contributed by atoms with E-state index in [0.717, 1.165) is 18.4 Å². The van der Waals surface area contributed by atoms with E-state index in [0.29, 0.717) is 25.9 Å². The molecule has 172 valence electrons. The Bertz CT molecular complexity index is 887. The van der Waals surface area contributed by atoms with E-state index in [9.17, 15) is 18.4 Å². The van der Waals surface area contributed by atoms with Crippen molar-refractivity contribution in [2.24, 2.45) is 0 Å². The fourth-order valence-electron chi connectivity index (χ4n) is 3.81. The van der Waals surface area contributed by atoms with Crippen molar-refractivity contribution in [3.05, 3.63) is 60.2 Å². The van der Waals surface area contributed by atoms with Crippen LogP contribution in [0.1, 0.15) is 31.7 Å². The van der Waals surface area contributed by atoms with Crippen molar-refractivity contribution in [3.8, 4) is 5.75 Å². The van der Waals surface area contributed by atoms with Crippen LogP contribution in [0.2, 0.25) is 0 Å². The highest BCUT2D eigenvalue weighted by Gasteiger charge is 2.27. The summed E-state index contributed by atoms with van der Waals surface area (Å²) in [6, 6.07) is 15.7. The van der Waals surface area contributed by atoms with Crippen molar-refractivity contribution in [1.29, 1.82) is 0 Å². The second-order valence-corrected chi connectivity index (χ2v) is 7.90. The Labute approximate surface area is 186 Å². The predicted molar refractivity (Wildman–Crippen MR) is 119 cm³/mol. The molecule has 0 aliphatic carbocycles. The number of benzene rings is 2. The number of likely N-dealkylation sites (tertiary alicyclic amines) is 1. The molecule has 2 N–H and O–H groups in total. The number of amides is 2. The molecule has 3 rings (SSSR count). The molecular weight excluding hydrogens is 416 g/mol. The molecule has 2 aromatic rings. The van der Waals surface area contributed by atoms with Gasteiger partial charge in [0, 0.05) is 25.6 Å². The topological polar surface area (TPSA) is 70.7 Å². The molecule has 8 heteroatoms. The highest BCUT2D eigenvalue weighted by Crippen LogP contribution is 2.26. The molecule has 0 spiro atoms. The fourth-order valence-corrected chi connectivity index (χ4v) is 3.81. The molecular formula is C24H29F2N3O3. The lowest BCUT2D eigenvalue weighted by molar-refractivity contribution is -0.123. The number of piperidine rings is 1. The number of rotatable bonds is 9. The van der Waals surface area contributed by atoms with Gasteiger partial charge >= 0.3 is 6.61 Å². The van der Waals surface area contributed by atoms with Gasteiger partial charge in [-0.3, -0.25) is 14.5 Å². The summed E-state index contributed by atoms with van der Waals surface area (Å²) in [5.41, 5.74) is 1.35. The van der Waals surface area contributed by atoms with Crippen LogP contribution in [0.5, 0.6) is 5.75 Å². The van der Waals surface area contributed by atoms with Gasteiger partial charge < -0.3 is 15.4 Å². The second kappa shape index (κ2) is 11.6. The number of ether oxygens (including phenoxy) is 1.